The van der Waals surface area contributed by atoms with E-state index in [1.54, 1.807) is 6.07 Å². The number of aromatic amines is 1. The van der Waals surface area contributed by atoms with E-state index >= 15 is 0 Å². The van der Waals surface area contributed by atoms with Crippen molar-refractivity contribution in [3.63, 3.8) is 0 Å². The molecule has 0 saturated carbocycles. The number of nitrogens with zero attached hydrogens (tertiary/aromatic N) is 2. The van der Waals surface area contributed by atoms with E-state index in [1.165, 1.54) is 16.6 Å². The Morgan fingerprint density at radius 2 is 2.33 bits per heavy atom. The van der Waals surface area contributed by atoms with E-state index < -0.39 is 10.2 Å². The summed E-state index contributed by atoms with van der Waals surface area (Å²) in [5.74, 6) is 0. The number of hydrogen-bond donors (Lipinski definition) is 2. The van der Waals surface area contributed by atoms with Gasteiger partial charge in [-0.15, -0.1) is 6.58 Å². The highest BCUT2D eigenvalue weighted by Crippen LogP contribution is 2.39. The van der Waals surface area contributed by atoms with Gasteiger partial charge in [0.05, 0.1) is 28.3 Å². The Labute approximate surface area is 126 Å². The first kappa shape index (κ1) is 13.9. The molecule has 1 aliphatic rings. The Morgan fingerprint density at radius 1 is 1.57 bits per heavy atom. The smallest absolute Gasteiger partial charge is 0.302 e. The van der Waals surface area contributed by atoms with E-state index in [4.69, 9.17) is 16.9 Å². The lowest BCUT2D eigenvalue weighted by atomic mass is 10.1. The minimum absolute atomic E-state index is 0.125. The van der Waals surface area contributed by atoms with Crippen LogP contribution in [0.25, 0.3) is 10.9 Å². The molecule has 0 amide bonds. The summed E-state index contributed by atoms with van der Waals surface area (Å²) in [6, 6.07) is 3.73. The molecule has 8 heteroatoms. The third-order valence-corrected chi connectivity index (χ3v) is 5.08. The second kappa shape index (κ2) is 4.77. The number of anilines is 1. The van der Waals surface area contributed by atoms with E-state index in [0.717, 1.165) is 5.56 Å². The van der Waals surface area contributed by atoms with Crippen molar-refractivity contribution < 1.29 is 8.42 Å². The maximum Gasteiger partial charge on any atom is 0.302 e. The van der Waals surface area contributed by atoms with Crippen molar-refractivity contribution in [2.75, 3.05) is 10.8 Å². The van der Waals surface area contributed by atoms with Crippen LogP contribution in [0, 0.1) is 11.3 Å². The normalized spacial score (nSPS) is 16.5. The second-order valence-electron chi connectivity index (χ2n) is 4.58. The molecular formula is C13H11ClN4O2S. The number of benzene rings is 1. The van der Waals surface area contributed by atoms with Crippen molar-refractivity contribution >= 4 is 38.4 Å². The standard InChI is InChI=1S/C13H11ClN4O2S/c1-2-3-18-13-8(7-17-21(18,19)20)4-10(14)11-9(5-15)6-16-12(11)13/h2,4,6,16-17H,1,3,7H2. The van der Waals surface area contributed by atoms with Gasteiger partial charge < -0.3 is 4.98 Å². The summed E-state index contributed by atoms with van der Waals surface area (Å²) in [7, 11) is -3.63. The van der Waals surface area contributed by atoms with Crippen LogP contribution in [-0.2, 0) is 16.8 Å². The van der Waals surface area contributed by atoms with Crippen LogP contribution in [0.3, 0.4) is 0 Å². The molecule has 2 aromatic rings. The number of nitrogens with one attached hydrogen (secondary N) is 2. The fourth-order valence-electron chi connectivity index (χ4n) is 2.49. The fourth-order valence-corrected chi connectivity index (χ4v) is 4.07. The van der Waals surface area contributed by atoms with Gasteiger partial charge in [-0.2, -0.15) is 18.4 Å². The highest BCUT2D eigenvalue weighted by Gasteiger charge is 2.31. The van der Waals surface area contributed by atoms with Crippen LogP contribution in [-0.4, -0.2) is 19.9 Å². The Bertz CT molecular complexity index is 895. The summed E-state index contributed by atoms with van der Waals surface area (Å²) >= 11 is 6.23. The second-order valence-corrected chi connectivity index (χ2v) is 6.66. The van der Waals surface area contributed by atoms with Crippen molar-refractivity contribution in [2.24, 2.45) is 0 Å². The third-order valence-electron chi connectivity index (χ3n) is 3.36. The third kappa shape index (κ3) is 2.00. The van der Waals surface area contributed by atoms with Gasteiger partial charge in [-0.1, -0.05) is 17.7 Å². The average Bonchev–Trinajstić information content (AvgIpc) is 2.87. The van der Waals surface area contributed by atoms with Gasteiger partial charge in [0.25, 0.3) is 0 Å². The highest BCUT2D eigenvalue weighted by atomic mass is 35.5. The van der Waals surface area contributed by atoms with Gasteiger partial charge in [0.15, 0.2) is 0 Å². The predicted octanol–water partition coefficient (Wildman–Crippen LogP) is 2.03. The topological polar surface area (TPSA) is 89.0 Å². The van der Waals surface area contributed by atoms with E-state index in [2.05, 4.69) is 16.3 Å². The molecule has 0 aliphatic carbocycles. The molecule has 1 aromatic carbocycles. The number of aromatic nitrogens is 1. The first-order chi connectivity index (χ1) is 9.99. The molecule has 0 bridgehead atoms. The van der Waals surface area contributed by atoms with Crippen molar-refractivity contribution in [1.29, 1.82) is 5.26 Å². The zero-order chi connectivity index (χ0) is 15.2. The number of nitriles is 1. The summed E-state index contributed by atoms with van der Waals surface area (Å²) in [5, 5.41) is 10.1. The maximum absolute atomic E-state index is 12.2. The Hall–Kier alpha value is -2.01. The van der Waals surface area contributed by atoms with Crippen LogP contribution in [0.15, 0.2) is 24.9 Å². The summed E-state index contributed by atoms with van der Waals surface area (Å²) in [5.41, 5.74) is 2.18. The fraction of sp³-hybridized carbons (Fsp3) is 0.154. The van der Waals surface area contributed by atoms with Crippen molar-refractivity contribution in [3.8, 4) is 6.07 Å². The number of hydrogen-bond acceptors (Lipinski definition) is 3. The molecule has 21 heavy (non-hydrogen) atoms. The molecule has 1 aromatic heterocycles. The minimum Gasteiger partial charge on any atom is -0.358 e. The molecule has 3 rings (SSSR count). The summed E-state index contributed by atoms with van der Waals surface area (Å²) in [6.45, 7) is 3.87. The summed E-state index contributed by atoms with van der Waals surface area (Å²) in [6.07, 6.45) is 3.03. The quantitative estimate of drug-likeness (QED) is 0.829. The lowest BCUT2D eigenvalue weighted by Crippen LogP contribution is -2.45. The first-order valence-electron chi connectivity index (χ1n) is 6.10. The molecule has 0 unspecified atom stereocenters. The van der Waals surface area contributed by atoms with Gasteiger partial charge in [-0.3, -0.25) is 4.31 Å². The van der Waals surface area contributed by atoms with Gasteiger partial charge in [0.1, 0.15) is 6.07 Å². The van der Waals surface area contributed by atoms with Crippen LogP contribution >= 0.6 is 11.6 Å². The Kier molecular flexibility index (Phi) is 3.17. The van der Waals surface area contributed by atoms with Crippen LogP contribution in [0.4, 0.5) is 5.69 Å². The van der Waals surface area contributed by atoms with Crippen molar-refractivity contribution in [1.82, 2.24) is 9.71 Å². The van der Waals surface area contributed by atoms with Crippen LogP contribution in [0.1, 0.15) is 11.1 Å². The van der Waals surface area contributed by atoms with Gasteiger partial charge in [0.2, 0.25) is 0 Å². The van der Waals surface area contributed by atoms with Gasteiger partial charge in [-0.25, -0.2) is 0 Å². The zero-order valence-corrected chi connectivity index (χ0v) is 12.4. The molecule has 6 nitrogen and oxygen atoms in total. The SMILES string of the molecule is C=CCN1c2c(cc(Cl)c3c(C#N)c[nH]c23)CNS1(=O)=O. The van der Waals surface area contributed by atoms with Crippen LogP contribution < -0.4 is 9.03 Å². The van der Waals surface area contributed by atoms with E-state index in [1.807, 2.05) is 6.07 Å². The zero-order valence-electron chi connectivity index (χ0n) is 10.9. The van der Waals surface area contributed by atoms with Gasteiger partial charge in [0, 0.05) is 18.1 Å². The number of rotatable bonds is 2. The number of H-pyrrole nitrogens is 1. The molecule has 1 aliphatic heterocycles. The van der Waals surface area contributed by atoms with E-state index in [9.17, 15) is 8.42 Å². The summed E-state index contributed by atoms with van der Waals surface area (Å²) < 4.78 is 28.1. The molecule has 0 fully saturated rings. The largest absolute Gasteiger partial charge is 0.358 e. The molecule has 108 valence electrons. The Morgan fingerprint density at radius 3 is 3.00 bits per heavy atom. The lowest BCUT2D eigenvalue weighted by Gasteiger charge is -2.30. The lowest BCUT2D eigenvalue weighted by molar-refractivity contribution is 0.574. The van der Waals surface area contributed by atoms with Crippen molar-refractivity contribution in [2.45, 2.75) is 6.54 Å². The predicted molar refractivity (Wildman–Crippen MR) is 81.3 cm³/mol. The van der Waals surface area contributed by atoms with Gasteiger partial charge >= 0.3 is 10.2 Å². The molecule has 0 atom stereocenters. The molecule has 2 heterocycles. The average molecular weight is 323 g/mol. The summed E-state index contributed by atoms with van der Waals surface area (Å²) in [4.78, 5) is 2.96. The monoisotopic (exact) mass is 322 g/mol. The Balaban J connectivity index is 2.40. The highest BCUT2D eigenvalue weighted by molar-refractivity contribution is 7.91. The molecule has 0 saturated heterocycles. The number of halogens is 1. The van der Waals surface area contributed by atoms with E-state index in [-0.39, 0.29) is 13.1 Å². The number of fused-ring (bicyclic) bond motifs is 3. The molecule has 0 radical (unpaired) electrons. The maximum atomic E-state index is 12.2. The van der Waals surface area contributed by atoms with E-state index in [0.29, 0.717) is 27.2 Å². The minimum atomic E-state index is -3.63. The molecule has 0 spiro atoms. The first-order valence-corrected chi connectivity index (χ1v) is 7.92. The van der Waals surface area contributed by atoms with Crippen molar-refractivity contribution in [3.05, 3.63) is 41.1 Å². The molecule has 2 N–H and O–H groups in total. The molecular weight excluding hydrogens is 312 g/mol. The van der Waals surface area contributed by atoms with Crippen LogP contribution in [0.2, 0.25) is 5.02 Å². The van der Waals surface area contributed by atoms with Gasteiger partial charge in [-0.05, 0) is 11.6 Å². The van der Waals surface area contributed by atoms with Crippen LogP contribution in [0.5, 0.6) is 0 Å².